The predicted molar refractivity (Wildman–Crippen MR) is 68.4 cm³/mol. The van der Waals surface area contributed by atoms with Gasteiger partial charge in [-0.2, -0.15) is 18.3 Å². The molecule has 2 heterocycles. The van der Waals surface area contributed by atoms with Gasteiger partial charge < -0.3 is 4.57 Å². The third-order valence-corrected chi connectivity index (χ3v) is 3.24. The summed E-state index contributed by atoms with van der Waals surface area (Å²) in [6.07, 6.45) is -3.26. The number of hydrogen-bond acceptors (Lipinski definition) is 2. The first-order valence-corrected chi connectivity index (χ1v) is 6.23. The number of aromatic nitrogens is 3. The molecule has 0 spiro atoms. The minimum Gasteiger partial charge on any atom is -0.306 e. The highest BCUT2D eigenvalue weighted by Gasteiger charge is 2.29. The van der Waals surface area contributed by atoms with Crippen LogP contribution < -0.4 is 5.56 Å². The van der Waals surface area contributed by atoms with Crippen molar-refractivity contribution in [1.82, 2.24) is 14.3 Å². The Labute approximate surface area is 114 Å². The van der Waals surface area contributed by atoms with Crippen molar-refractivity contribution in [1.29, 1.82) is 0 Å². The lowest BCUT2D eigenvalue weighted by Gasteiger charge is -2.09. The van der Waals surface area contributed by atoms with E-state index in [4.69, 9.17) is 0 Å². The van der Waals surface area contributed by atoms with Crippen LogP contribution in [0.25, 0.3) is 10.9 Å². The molecule has 0 aliphatic heterocycles. The van der Waals surface area contributed by atoms with Crippen LogP contribution in [0.3, 0.4) is 0 Å². The van der Waals surface area contributed by atoms with Gasteiger partial charge in [-0.1, -0.05) is 0 Å². The SMILES string of the molecule is CCn1nc(I)c2c(=O)n(CC(F)(F)F)ccc21. The van der Waals surface area contributed by atoms with Gasteiger partial charge in [-0.25, -0.2) is 0 Å². The van der Waals surface area contributed by atoms with Crippen LogP contribution in [-0.2, 0) is 13.1 Å². The van der Waals surface area contributed by atoms with Gasteiger partial charge in [0.05, 0.1) is 10.9 Å². The molecule has 0 atom stereocenters. The number of rotatable bonds is 2. The van der Waals surface area contributed by atoms with E-state index in [9.17, 15) is 18.0 Å². The van der Waals surface area contributed by atoms with Gasteiger partial charge in [-0.15, -0.1) is 0 Å². The van der Waals surface area contributed by atoms with E-state index in [1.165, 1.54) is 6.07 Å². The molecule has 0 aliphatic carbocycles. The van der Waals surface area contributed by atoms with Crippen molar-refractivity contribution < 1.29 is 13.2 Å². The van der Waals surface area contributed by atoms with Gasteiger partial charge >= 0.3 is 6.18 Å². The molecule has 0 aromatic carbocycles. The third-order valence-electron chi connectivity index (χ3n) is 2.49. The molecule has 8 heteroatoms. The van der Waals surface area contributed by atoms with Gasteiger partial charge in [-0.05, 0) is 35.6 Å². The molecule has 0 saturated carbocycles. The Morgan fingerprint density at radius 1 is 1.44 bits per heavy atom. The van der Waals surface area contributed by atoms with E-state index in [1.54, 1.807) is 4.68 Å². The van der Waals surface area contributed by atoms with Crippen molar-refractivity contribution in [2.24, 2.45) is 0 Å². The highest BCUT2D eigenvalue weighted by molar-refractivity contribution is 14.1. The molecule has 0 fully saturated rings. The average Bonchev–Trinajstić information content (AvgIpc) is 2.58. The number of hydrogen-bond donors (Lipinski definition) is 0. The molecule has 0 bridgehead atoms. The molecule has 0 radical (unpaired) electrons. The highest BCUT2D eigenvalue weighted by atomic mass is 127. The fourth-order valence-corrected chi connectivity index (χ4v) is 2.51. The predicted octanol–water partition coefficient (Wildman–Crippen LogP) is 2.38. The molecule has 0 saturated heterocycles. The minimum atomic E-state index is -4.41. The summed E-state index contributed by atoms with van der Waals surface area (Å²) < 4.78 is 39.6. The normalized spacial score (nSPS) is 12.3. The fraction of sp³-hybridized carbons (Fsp3) is 0.400. The number of fused-ring (bicyclic) bond motifs is 1. The van der Waals surface area contributed by atoms with Crippen molar-refractivity contribution in [3.05, 3.63) is 26.3 Å². The van der Waals surface area contributed by atoms with E-state index in [1.807, 2.05) is 29.5 Å². The van der Waals surface area contributed by atoms with Gasteiger partial charge in [0.2, 0.25) is 0 Å². The van der Waals surface area contributed by atoms with Gasteiger partial charge in [0.15, 0.2) is 0 Å². The molecular weight excluding hydrogens is 362 g/mol. The second-order valence-corrected chi connectivity index (χ2v) is 4.75. The van der Waals surface area contributed by atoms with Crippen molar-refractivity contribution in [3.8, 4) is 0 Å². The zero-order valence-corrected chi connectivity index (χ0v) is 11.5. The van der Waals surface area contributed by atoms with E-state index in [2.05, 4.69) is 5.10 Å². The Balaban J connectivity index is 2.65. The molecule has 2 rings (SSSR count). The number of aryl methyl sites for hydroxylation is 1. The third kappa shape index (κ3) is 2.38. The van der Waals surface area contributed by atoms with Gasteiger partial charge in [0.1, 0.15) is 10.2 Å². The van der Waals surface area contributed by atoms with Gasteiger partial charge in [0.25, 0.3) is 5.56 Å². The van der Waals surface area contributed by atoms with E-state index in [0.29, 0.717) is 20.3 Å². The standard InChI is InChI=1S/C10H9F3IN3O/c1-2-17-6-3-4-16(5-10(11,12)13)9(18)7(6)8(14)15-17/h3-4H,2,5H2,1H3. The maximum absolute atomic E-state index is 12.3. The smallest absolute Gasteiger partial charge is 0.306 e. The van der Waals surface area contributed by atoms with Crippen LogP contribution in [-0.4, -0.2) is 20.5 Å². The van der Waals surface area contributed by atoms with Crippen LogP contribution >= 0.6 is 22.6 Å². The molecule has 0 aliphatic rings. The summed E-state index contributed by atoms with van der Waals surface area (Å²) in [6, 6.07) is 1.49. The zero-order chi connectivity index (χ0) is 13.5. The van der Waals surface area contributed by atoms with Crippen LogP contribution in [0.1, 0.15) is 6.92 Å². The van der Waals surface area contributed by atoms with Crippen LogP contribution in [0.5, 0.6) is 0 Å². The maximum atomic E-state index is 12.3. The Kier molecular flexibility index (Phi) is 3.39. The summed E-state index contributed by atoms with van der Waals surface area (Å²) in [6.45, 7) is 1.13. The second-order valence-electron chi connectivity index (χ2n) is 3.73. The molecule has 98 valence electrons. The Morgan fingerprint density at radius 3 is 2.67 bits per heavy atom. The highest BCUT2D eigenvalue weighted by Crippen LogP contribution is 2.19. The second kappa shape index (κ2) is 4.56. The minimum absolute atomic E-state index is 0.240. The van der Waals surface area contributed by atoms with E-state index < -0.39 is 18.3 Å². The van der Waals surface area contributed by atoms with Crippen molar-refractivity contribution in [3.63, 3.8) is 0 Å². The summed E-state index contributed by atoms with van der Waals surface area (Å²) in [4.78, 5) is 12.0. The molecule has 0 unspecified atom stereocenters. The topological polar surface area (TPSA) is 39.8 Å². The summed E-state index contributed by atoms with van der Waals surface area (Å²) >= 11 is 1.86. The Morgan fingerprint density at radius 2 is 2.11 bits per heavy atom. The quantitative estimate of drug-likeness (QED) is 0.761. The number of nitrogens with zero attached hydrogens (tertiary/aromatic N) is 3. The molecule has 2 aromatic heterocycles. The van der Waals surface area contributed by atoms with E-state index in [-0.39, 0.29) is 5.39 Å². The van der Waals surface area contributed by atoms with Gasteiger partial charge in [0, 0.05) is 12.7 Å². The Bertz CT molecular complexity index is 644. The number of pyridine rings is 1. The van der Waals surface area contributed by atoms with E-state index in [0.717, 1.165) is 6.20 Å². The molecule has 4 nitrogen and oxygen atoms in total. The summed E-state index contributed by atoms with van der Waals surface area (Å²) in [5.41, 5.74) is -0.0979. The molecule has 18 heavy (non-hydrogen) atoms. The molecule has 0 N–H and O–H groups in total. The first-order valence-electron chi connectivity index (χ1n) is 5.15. The molecule has 0 amide bonds. The van der Waals surface area contributed by atoms with E-state index >= 15 is 0 Å². The summed E-state index contributed by atoms with van der Waals surface area (Å²) in [7, 11) is 0. The van der Waals surface area contributed by atoms with Crippen LogP contribution in [0.2, 0.25) is 0 Å². The van der Waals surface area contributed by atoms with Crippen molar-refractivity contribution in [2.75, 3.05) is 0 Å². The molecular formula is C10H9F3IN3O. The zero-order valence-electron chi connectivity index (χ0n) is 9.33. The van der Waals surface area contributed by atoms with Gasteiger partial charge in [-0.3, -0.25) is 9.48 Å². The monoisotopic (exact) mass is 371 g/mol. The number of alkyl halides is 3. The lowest BCUT2D eigenvalue weighted by Crippen LogP contribution is -2.27. The average molecular weight is 371 g/mol. The van der Waals surface area contributed by atoms with Crippen molar-refractivity contribution >= 4 is 33.5 Å². The molecule has 2 aromatic rings. The van der Waals surface area contributed by atoms with Crippen LogP contribution in [0.15, 0.2) is 17.1 Å². The lowest BCUT2D eigenvalue weighted by atomic mass is 10.3. The van der Waals surface area contributed by atoms with Crippen LogP contribution in [0.4, 0.5) is 13.2 Å². The lowest BCUT2D eigenvalue weighted by molar-refractivity contribution is -0.141. The van der Waals surface area contributed by atoms with Crippen molar-refractivity contribution in [2.45, 2.75) is 26.2 Å². The first-order chi connectivity index (χ1) is 8.33. The maximum Gasteiger partial charge on any atom is 0.406 e. The largest absolute Gasteiger partial charge is 0.406 e. The Hall–Kier alpha value is -1.06. The summed E-state index contributed by atoms with van der Waals surface area (Å²) in [5.74, 6) is 0. The summed E-state index contributed by atoms with van der Waals surface area (Å²) in [5, 5.41) is 4.36. The number of halogens is 4. The first kappa shape index (κ1) is 13.4. The fourth-order valence-electron chi connectivity index (χ4n) is 1.74. The van der Waals surface area contributed by atoms with Crippen LogP contribution in [0, 0.1) is 3.70 Å².